The van der Waals surface area contributed by atoms with Gasteiger partial charge >= 0.3 is 0 Å². The van der Waals surface area contributed by atoms with Crippen LogP contribution in [-0.4, -0.2) is 34.4 Å². The van der Waals surface area contributed by atoms with Crippen LogP contribution in [0.4, 0.5) is 0 Å². The van der Waals surface area contributed by atoms with E-state index in [-0.39, 0.29) is 6.10 Å². The molecule has 4 aromatic rings. The number of nitrogens with two attached hydrogens (primary N) is 1. The third-order valence-electron chi connectivity index (χ3n) is 4.98. The molecule has 3 heterocycles. The summed E-state index contributed by atoms with van der Waals surface area (Å²) in [5.41, 5.74) is 8.08. The molecule has 1 unspecified atom stereocenters. The van der Waals surface area contributed by atoms with Crippen LogP contribution in [0.5, 0.6) is 11.6 Å². The highest BCUT2D eigenvalue weighted by Gasteiger charge is 2.32. The van der Waals surface area contributed by atoms with E-state index >= 15 is 0 Å². The van der Waals surface area contributed by atoms with Crippen LogP contribution in [0.15, 0.2) is 47.0 Å². The highest BCUT2D eigenvalue weighted by atomic mass is 16.5. The minimum absolute atomic E-state index is 0.0115. The van der Waals surface area contributed by atoms with Gasteiger partial charge in [0.25, 0.3) is 0 Å². The van der Waals surface area contributed by atoms with Crippen molar-refractivity contribution in [3.63, 3.8) is 0 Å². The number of aromatic nitrogens is 3. The van der Waals surface area contributed by atoms with Crippen molar-refractivity contribution in [3.05, 3.63) is 42.6 Å². The Kier molecular flexibility index (Phi) is 3.75. The number of hydrogen-bond donors (Lipinski definition) is 1. The number of nitrogens with zero attached hydrogens (tertiary/aromatic N) is 3. The van der Waals surface area contributed by atoms with Gasteiger partial charge in [-0.15, -0.1) is 5.10 Å². The molecule has 1 fully saturated rings. The lowest BCUT2D eigenvalue weighted by atomic mass is 10.2. The molecule has 7 heteroatoms. The molecule has 7 nitrogen and oxygen atoms in total. The maximum Gasteiger partial charge on any atom is 0.232 e. The Morgan fingerprint density at radius 2 is 2.19 bits per heavy atom. The summed E-state index contributed by atoms with van der Waals surface area (Å²) in [5.74, 6) is 2.52. The molecule has 0 amide bonds. The summed E-state index contributed by atoms with van der Waals surface area (Å²) in [5, 5.41) is 5.52. The molecule has 0 bridgehead atoms. The van der Waals surface area contributed by atoms with Gasteiger partial charge in [0.1, 0.15) is 23.1 Å². The number of imidazole rings is 1. The highest BCUT2D eigenvalue weighted by Crippen LogP contribution is 2.35. The Balaban J connectivity index is 1.56. The summed E-state index contributed by atoms with van der Waals surface area (Å²) >= 11 is 0. The lowest BCUT2D eigenvalue weighted by Crippen LogP contribution is -2.29. The summed E-state index contributed by atoms with van der Waals surface area (Å²) in [7, 11) is 1.65. The Bertz CT molecular complexity index is 1110. The molecule has 0 aliphatic heterocycles. The smallest absolute Gasteiger partial charge is 0.232 e. The Morgan fingerprint density at radius 3 is 2.96 bits per heavy atom. The SMILES string of the molecule is COc1cccc2oc(-c3cnc4ccc(OC(CN)C5CC5)nn34)cc12. The quantitative estimate of drug-likeness (QED) is 0.565. The van der Waals surface area contributed by atoms with Crippen LogP contribution in [0.25, 0.3) is 28.1 Å². The van der Waals surface area contributed by atoms with E-state index in [4.69, 9.17) is 19.6 Å². The number of benzene rings is 1. The van der Waals surface area contributed by atoms with Gasteiger partial charge in [0.05, 0.1) is 18.7 Å². The van der Waals surface area contributed by atoms with Crippen molar-refractivity contribution in [1.29, 1.82) is 0 Å². The first kappa shape index (κ1) is 16.1. The first-order valence-corrected chi connectivity index (χ1v) is 9.05. The predicted octanol–water partition coefficient (Wildman–Crippen LogP) is 3.27. The first-order chi connectivity index (χ1) is 13.3. The monoisotopic (exact) mass is 364 g/mol. The van der Waals surface area contributed by atoms with Gasteiger partial charge in [0.2, 0.25) is 5.88 Å². The molecule has 1 aromatic carbocycles. The molecule has 3 aromatic heterocycles. The molecular formula is C20H20N4O3. The van der Waals surface area contributed by atoms with Gasteiger partial charge in [-0.25, -0.2) is 9.50 Å². The van der Waals surface area contributed by atoms with Crippen molar-refractivity contribution in [2.24, 2.45) is 11.7 Å². The second-order valence-electron chi connectivity index (χ2n) is 6.80. The number of hydrogen-bond acceptors (Lipinski definition) is 6. The Hall–Kier alpha value is -3.06. The molecule has 0 spiro atoms. The van der Waals surface area contributed by atoms with E-state index in [1.165, 1.54) is 12.8 Å². The summed E-state index contributed by atoms with van der Waals surface area (Å²) in [4.78, 5) is 4.42. The Morgan fingerprint density at radius 1 is 1.30 bits per heavy atom. The summed E-state index contributed by atoms with van der Waals surface area (Å²) in [6.07, 6.45) is 4.09. The van der Waals surface area contributed by atoms with Gasteiger partial charge in [-0.05, 0) is 43.0 Å². The van der Waals surface area contributed by atoms with Gasteiger partial charge in [-0.1, -0.05) is 6.07 Å². The second kappa shape index (κ2) is 6.28. The zero-order valence-electron chi connectivity index (χ0n) is 15.0. The third kappa shape index (κ3) is 2.80. The second-order valence-corrected chi connectivity index (χ2v) is 6.80. The molecule has 0 radical (unpaired) electrons. The van der Waals surface area contributed by atoms with E-state index in [9.17, 15) is 0 Å². The van der Waals surface area contributed by atoms with Crippen molar-refractivity contribution < 1.29 is 13.9 Å². The van der Waals surface area contributed by atoms with E-state index in [2.05, 4.69) is 10.1 Å². The van der Waals surface area contributed by atoms with Gasteiger partial charge in [-0.3, -0.25) is 0 Å². The van der Waals surface area contributed by atoms with Crippen LogP contribution in [0, 0.1) is 5.92 Å². The minimum Gasteiger partial charge on any atom is -0.496 e. The predicted molar refractivity (Wildman–Crippen MR) is 101 cm³/mol. The van der Waals surface area contributed by atoms with Crippen molar-refractivity contribution in [2.45, 2.75) is 18.9 Å². The molecule has 1 aliphatic rings. The average Bonchev–Trinajstić information content (AvgIpc) is 3.31. The molecule has 1 saturated carbocycles. The first-order valence-electron chi connectivity index (χ1n) is 9.05. The fraction of sp³-hybridized carbons (Fsp3) is 0.300. The number of ether oxygens (including phenoxy) is 2. The summed E-state index contributed by atoms with van der Waals surface area (Å²) < 4.78 is 19.2. The van der Waals surface area contributed by atoms with Crippen molar-refractivity contribution >= 4 is 16.6 Å². The van der Waals surface area contributed by atoms with E-state index in [1.54, 1.807) is 17.8 Å². The normalized spacial score (nSPS) is 15.3. The standard InChI is InChI=1S/C20H20N4O3/c1-25-15-3-2-4-16-13(15)9-17(26-16)14-11-22-19-7-8-20(23-24(14)19)27-18(10-21)12-5-6-12/h2-4,7-9,11-12,18H,5-6,10,21H2,1H3. The zero-order valence-corrected chi connectivity index (χ0v) is 15.0. The van der Waals surface area contributed by atoms with E-state index in [0.717, 1.165) is 28.1 Å². The van der Waals surface area contributed by atoms with E-state index in [1.807, 2.05) is 36.4 Å². The highest BCUT2D eigenvalue weighted by molar-refractivity contribution is 5.88. The zero-order chi connectivity index (χ0) is 18.4. The molecule has 2 N–H and O–H groups in total. The van der Waals surface area contributed by atoms with Crippen molar-refractivity contribution in [2.75, 3.05) is 13.7 Å². The van der Waals surface area contributed by atoms with Crippen molar-refractivity contribution in [3.8, 4) is 23.1 Å². The largest absolute Gasteiger partial charge is 0.496 e. The number of fused-ring (bicyclic) bond motifs is 2. The molecule has 1 aliphatic carbocycles. The minimum atomic E-state index is 0.0115. The van der Waals surface area contributed by atoms with E-state index in [0.29, 0.717) is 24.1 Å². The molecule has 0 saturated heterocycles. The summed E-state index contributed by atoms with van der Waals surface area (Å²) in [6, 6.07) is 11.4. The molecule has 27 heavy (non-hydrogen) atoms. The molecule has 1 atom stereocenters. The van der Waals surface area contributed by atoms with Crippen molar-refractivity contribution in [1.82, 2.24) is 14.6 Å². The number of furan rings is 1. The maximum atomic E-state index is 6.02. The van der Waals surface area contributed by atoms with Crippen LogP contribution in [0.2, 0.25) is 0 Å². The topological polar surface area (TPSA) is 87.8 Å². The third-order valence-corrected chi connectivity index (χ3v) is 4.98. The molecule has 138 valence electrons. The fourth-order valence-electron chi connectivity index (χ4n) is 3.39. The molecule has 5 rings (SSSR count). The maximum absolute atomic E-state index is 6.02. The number of rotatable bonds is 6. The van der Waals surface area contributed by atoms with Crippen LogP contribution in [0.1, 0.15) is 12.8 Å². The lowest BCUT2D eigenvalue weighted by Gasteiger charge is -2.15. The van der Waals surface area contributed by atoms with Gasteiger partial charge in [-0.2, -0.15) is 0 Å². The van der Waals surface area contributed by atoms with Crippen LogP contribution in [-0.2, 0) is 0 Å². The van der Waals surface area contributed by atoms with Gasteiger partial charge in [0.15, 0.2) is 11.4 Å². The van der Waals surface area contributed by atoms with E-state index < -0.39 is 0 Å². The summed E-state index contributed by atoms with van der Waals surface area (Å²) in [6.45, 7) is 0.491. The van der Waals surface area contributed by atoms with Crippen LogP contribution in [0.3, 0.4) is 0 Å². The van der Waals surface area contributed by atoms with Gasteiger partial charge < -0.3 is 19.6 Å². The Labute approximate surface area is 155 Å². The van der Waals surface area contributed by atoms with Gasteiger partial charge in [0, 0.05) is 12.6 Å². The van der Waals surface area contributed by atoms with Crippen LogP contribution < -0.4 is 15.2 Å². The average molecular weight is 364 g/mol. The molecular weight excluding hydrogens is 344 g/mol. The van der Waals surface area contributed by atoms with Crippen LogP contribution >= 0.6 is 0 Å². The fourth-order valence-corrected chi connectivity index (χ4v) is 3.39. The number of methoxy groups -OCH3 is 1. The lowest BCUT2D eigenvalue weighted by molar-refractivity contribution is 0.176.